The Morgan fingerprint density at radius 3 is 3.20 bits per heavy atom. The van der Waals surface area contributed by atoms with Crippen LogP contribution >= 0.6 is 0 Å². The lowest BCUT2D eigenvalue weighted by Gasteiger charge is -2.26. The number of rotatable bonds is 4. The first-order valence-electron chi connectivity index (χ1n) is 5.37. The van der Waals surface area contributed by atoms with Crippen LogP contribution in [0.15, 0.2) is 12.3 Å². The van der Waals surface area contributed by atoms with Crippen LogP contribution in [0.3, 0.4) is 0 Å². The van der Waals surface area contributed by atoms with Crippen LogP contribution < -0.4 is 10.6 Å². The minimum atomic E-state index is -0.0185. The summed E-state index contributed by atoms with van der Waals surface area (Å²) in [4.78, 5) is 11.6. The molecular weight excluding hydrogens is 192 g/mol. The van der Waals surface area contributed by atoms with E-state index in [9.17, 15) is 4.79 Å². The summed E-state index contributed by atoms with van der Waals surface area (Å²) in [6.07, 6.45) is 3.64. The van der Waals surface area contributed by atoms with E-state index in [-0.39, 0.29) is 11.9 Å². The van der Waals surface area contributed by atoms with Crippen molar-refractivity contribution in [1.29, 1.82) is 0 Å². The number of aryl methyl sites for hydroxylation is 1. The van der Waals surface area contributed by atoms with Crippen molar-refractivity contribution in [3.8, 4) is 0 Å². The summed E-state index contributed by atoms with van der Waals surface area (Å²) in [7, 11) is 0. The van der Waals surface area contributed by atoms with Crippen molar-refractivity contribution in [3.63, 3.8) is 0 Å². The van der Waals surface area contributed by atoms with E-state index in [0.29, 0.717) is 0 Å². The second-order valence-electron chi connectivity index (χ2n) is 3.72. The maximum absolute atomic E-state index is 11.6. The van der Waals surface area contributed by atoms with E-state index in [1.165, 1.54) is 0 Å². The fourth-order valence-corrected chi connectivity index (χ4v) is 1.55. The van der Waals surface area contributed by atoms with Gasteiger partial charge in [0, 0.05) is 12.6 Å². The fraction of sp³-hybridized carbons (Fsp3) is 0.600. The third-order valence-electron chi connectivity index (χ3n) is 2.54. The molecule has 0 unspecified atom stereocenters. The third kappa shape index (κ3) is 2.18. The fourth-order valence-electron chi connectivity index (χ4n) is 1.55. The summed E-state index contributed by atoms with van der Waals surface area (Å²) in [5, 5.41) is 10.1. The molecule has 1 saturated heterocycles. The molecule has 2 heterocycles. The Bertz CT molecular complexity index is 343. The Balaban J connectivity index is 1.96. The highest BCUT2D eigenvalue weighted by molar-refractivity contribution is 5.94. The summed E-state index contributed by atoms with van der Waals surface area (Å²) < 4.78 is 1.82. The van der Waals surface area contributed by atoms with E-state index in [1.54, 1.807) is 6.20 Å². The lowest BCUT2D eigenvalue weighted by atomic mass is 10.1. The molecule has 1 aromatic heterocycles. The average molecular weight is 208 g/mol. The zero-order valence-corrected chi connectivity index (χ0v) is 8.86. The van der Waals surface area contributed by atoms with Gasteiger partial charge in [0.15, 0.2) is 0 Å². The average Bonchev–Trinajstić information content (AvgIpc) is 2.50. The van der Waals surface area contributed by atoms with Crippen LogP contribution in [-0.2, 0) is 11.3 Å². The van der Waals surface area contributed by atoms with Gasteiger partial charge in [-0.15, -0.1) is 0 Å². The second kappa shape index (κ2) is 4.44. The minimum Gasteiger partial charge on any atom is -0.310 e. The summed E-state index contributed by atoms with van der Waals surface area (Å²) >= 11 is 0. The van der Waals surface area contributed by atoms with Gasteiger partial charge in [-0.1, -0.05) is 6.92 Å². The van der Waals surface area contributed by atoms with Gasteiger partial charge in [0.05, 0.1) is 12.2 Å². The number of hydrogen-bond donors (Lipinski definition) is 2. The van der Waals surface area contributed by atoms with E-state index >= 15 is 0 Å². The smallest absolute Gasteiger partial charge is 0.242 e. The van der Waals surface area contributed by atoms with Crippen LogP contribution in [0.25, 0.3) is 0 Å². The van der Waals surface area contributed by atoms with E-state index < -0.39 is 0 Å². The zero-order valence-electron chi connectivity index (χ0n) is 8.86. The Kier molecular flexibility index (Phi) is 3.01. The van der Waals surface area contributed by atoms with E-state index in [4.69, 9.17) is 0 Å². The van der Waals surface area contributed by atoms with Gasteiger partial charge in [-0.2, -0.15) is 5.10 Å². The summed E-state index contributed by atoms with van der Waals surface area (Å²) in [6.45, 7) is 3.85. The number of aromatic nitrogens is 2. The number of nitrogens with zero attached hydrogens (tertiary/aromatic N) is 2. The number of amides is 1. The summed E-state index contributed by atoms with van der Waals surface area (Å²) in [5.41, 5.74) is 0. The molecule has 0 radical (unpaired) electrons. The van der Waals surface area contributed by atoms with Gasteiger partial charge in [0.2, 0.25) is 5.91 Å². The van der Waals surface area contributed by atoms with Gasteiger partial charge in [-0.25, -0.2) is 4.68 Å². The maximum atomic E-state index is 11.6. The van der Waals surface area contributed by atoms with Crippen LogP contribution in [0.1, 0.15) is 19.8 Å². The lowest BCUT2D eigenvalue weighted by molar-refractivity contribution is -0.119. The van der Waals surface area contributed by atoms with E-state index in [1.807, 2.05) is 10.7 Å². The first-order valence-corrected chi connectivity index (χ1v) is 5.37. The largest absolute Gasteiger partial charge is 0.310 e. The quantitative estimate of drug-likeness (QED) is 0.761. The normalized spacial score (nSPS) is 19.7. The number of carbonyl (C=O) groups excluding carboxylic acids is 1. The molecule has 1 atom stereocenters. The van der Waals surface area contributed by atoms with Crippen LogP contribution in [0.4, 0.5) is 5.82 Å². The predicted molar refractivity (Wildman–Crippen MR) is 57.6 cm³/mol. The van der Waals surface area contributed by atoms with E-state index in [2.05, 4.69) is 22.7 Å². The first-order chi connectivity index (χ1) is 7.31. The number of hydrogen-bond acceptors (Lipinski definition) is 3. The maximum Gasteiger partial charge on any atom is 0.242 e. The first kappa shape index (κ1) is 10.2. The molecule has 2 N–H and O–H groups in total. The Labute approximate surface area is 88.8 Å². The van der Waals surface area contributed by atoms with Crippen molar-refractivity contribution >= 4 is 11.7 Å². The molecular formula is C10H16N4O. The standard InChI is InChI=1S/C10H16N4O/c1-2-7-14-9(4-6-12-14)13-10(15)8-3-5-11-8/h4,6,8,11H,2-3,5,7H2,1H3,(H,13,15)/t8-/m1/s1. The highest BCUT2D eigenvalue weighted by atomic mass is 16.2. The van der Waals surface area contributed by atoms with Crippen molar-refractivity contribution in [3.05, 3.63) is 12.3 Å². The summed E-state index contributed by atoms with van der Waals surface area (Å²) in [5.74, 6) is 0.828. The minimum absolute atomic E-state index is 0.0185. The molecule has 1 aromatic rings. The Morgan fingerprint density at radius 2 is 2.60 bits per heavy atom. The predicted octanol–water partition coefficient (Wildman–Crippen LogP) is 0.593. The van der Waals surface area contributed by atoms with Gasteiger partial charge in [0.1, 0.15) is 5.82 Å². The topological polar surface area (TPSA) is 59.0 Å². The van der Waals surface area contributed by atoms with Gasteiger partial charge in [0.25, 0.3) is 0 Å². The monoisotopic (exact) mass is 208 g/mol. The van der Waals surface area contributed by atoms with Crippen LogP contribution in [0.5, 0.6) is 0 Å². The van der Waals surface area contributed by atoms with Gasteiger partial charge in [-0.05, 0) is 19.4 Å². The zero-order chi connectivity index (χ0) is 10.7. The lowest BCUT2D eigenvalue weighted by Crippen LogP contribution is -2.51. The van der Waals surface area contributed by atoms with Crippen LogP contribution in [-0.4, -0.2) is 28.3 Å². The highest BCUT2D eigenvalue weighted by Gasteiger charge is 2.24. The molecule has 0 aromatic carbocycles. The third-order valence-corrected chi connectivity index (χ3v) is 2.54. The molecule has 1 amide bonds. The van der Waals surface area contributed by atoms with Gasteiger partial charge in [-0.3, -0.25) is 4.79 Å². The van der Waals surface area contributed by atoms with Crippen molar-refractivity contribution in [2.45, 2.75) is 32.4 Å². The van der Waals surface area contributed by atoms with Crippen molar-refractivity contribution < 1.29 is 4.79 Å². The Hall–Kier alpha value is -1.36. The molecule has 0 saturated carbocycles. The molecule has 0 aliphatic carbocycles. The number of anilines is 1. The molecule has 1 fully saturated rings. The molecule has 0 spiro atoms. The molecule has 2 rings (SSSR count). The number of carbonyl (C=O) groups is 1. The van der Waals surface area contributed by atoms with Gasteiger partial charge >= 0.3 is 0 Å². The highest BCUT2D eigenvalue weighted by Crippen LogP contribution is 2.10. The van der Waals surface area contributed by atoms with Crippen LogP contribution in [0.2, 0.25) is 0 Å². The Morgan fingerprint density at radius 1 is 1.80 bits per heavy atom. The SMILES string of the molecule is CCCn1nccc1NC(=O)[C@H]1CCN1. The summed E-state index contributed by atoms with van der Waals surface area (Å²) in [6, 6.07) is 1.81. The molecule has 1 aliphatic rings. The van der Waals surface area contributed by atoms with Crippen molar-refractivity contribution in [1.82, 2.24) is 15.1 Å². The number of nitrogens with one attached hydrogen (secondary N) is 2. The van der Waals surface area contributed by atoms with E-state index in [0.717, 1.165) is 31.7 Å². The molecule has 82 valence electrons. The second-order valence-corrected chi connectivity index (χ2v) is 3.72. The molecule has 5 heteroatoms. The van der Waals surface area contributed by atoms with Crippen molar-refractivity contribution in [2.24, 2.45) is 0 Å². The molecule has 0 bridgehead atoms. The van der Waals surface area contributed by atoms with Crippen molar-refractivity contribution in [2.75, 3.05) is 11.9 Å². The molecule has 5 nitrogen and oxygen atoms in total. The molecule has 1 aliphatic heterocycles. The van der Waals surface area contributed by atoms with Gasteiger partial charge < -0.3 is 10.6 Å². The van der Waals surface area contributed by atoms with Crippen LogP contribution in [0, 0.1) is 0 Å². The molecule has 15 heavy (non-hydrogen) atoms.